The molecule has 0 radical (unpaired) electrons. The fourth-order valence-electron chi connectivity index (χ4n) is 6.95. The molecule has 0 amide bonds. The van der Waals surface area contributed by atoms with Crippen molar-refractivity contribution >= 4 is 0 Å². The maximum absolute atomic E-state index is 10.7. The molecule has 4 rings (SSSR count). The first-order valence-corrected chi connectivity index (χ1v) is 17.5. The number of likely N-dealkylation sites (N-methyl/N-ethyl adjacent to an activating group) is 2. The fourth-order valence-corrected chi connectivity index (χ4v) is 6.95. The highest BCUT2D eigenvalue weighted by molar-refractivity contribution is 5.42. The lowest BCUT2D eigenvalue weighted by Gasteiger charge is -2.33. The summed E-state index contributed by atoms with van der Waals surface area (Å²) in [6.45, 7) is 8.58. The second-order valence-electron chi connectivity index (χ2n) is 13.0. The number of aromatic amines is 1. The number of hydrogen-bond donors (Lipinski definition) is 7. The Morgan fingerprint density at radius 3 is 2.54 bits per heavy atom. The van der Waals surface area contributed by atoms with E-state index in [0.29, 0.717) is 37.2 Å². The Balaban J connectivity index is 1.45. The molecule has 1 aliphatic rings. The zero-order valence-electron chi connectivity index (χ0n) is 28.4. The summed E-state index contributed by atoms with van der Waals surface area (Å²) in [7, 11) is 1.99. The Hall–Kier alpha value is -2.82. The van der Waals surface area contributed by atoms with Crippen molar-refractivity contribution in [1.82, 2.24) is 20.9 Å². The molecule has 256 valence electrons. The number of aliphatic hydroxyl groups is 2. The number of H-pyrrole nitrogens is 1. The number of unbranched alkanes of at least 4 members (excludes halogenated alkanes) is 1. The predicted molar refractivity (Wildman–Crippen MR) is 184 cm³/mol. The highest BCUT2D eigenvalue weighted by atomic mass is 16.5. The van der Waals surface area contributed by atoms with Gasteiger partial charge in [-0.2, -0.15) is 0 Å². The molecular formula is C37H58N4O5. The molecule has 1 aromatic carbocycles. The van der Waals surface area contributed by atoms with Gasteiger partial charge in [0.1, 0.15) is 18.1 Å². The van der Waals surface area contributed by atoms with E-state index < -0.39 is 6.10 Å². The average molecular weight is 639 g/mol. The summed E-state index contributed by atoms with van der Waals surface area (Å²) in [5.74, 6) is 3.26. The van der Waals surface area contributed by atoms with Crippen LogP contribution in [-0.4, -0.2) is 65.7 Å². The van der Waals surface area contributed by atoms with Crippen LogP contribution in [0.25, 0.3) is 0 Å². The number of phenolic OH excluding ortho intramolecular Hbond substituents is 1. The van der Waals surface area contributed by atoms with Crippen LogP contribution in [-0.2, 0) is 25.9 Å². The van der Waals surface area contributed by atoms with Crippen LogP contribution in [0.3, 0.4) is 0 Å². The molecule has 3 aromatic rings. The number of aliphatic hydroxyl groups excluding tert-OH is 2. The average Bonchev–Trinajstić information content (AvgIpc) is 3.83. The summed E-state index contributed by atoms with van der Waals surface area (Å²) in [6.07, 6.45) is 11.1. The van der Waals surface area contributed by atoms with Crippen molar-refractivity contribution < 1.29 is 24.5 Å². The van der Waals surface area contributed by atoms with Crippen LogP contribution in [0.1, 0.15) is 105 Å². The number of aromatic nitrogens is 1. The standard InChI is InChI=1S/C37H58N4O5/c1-5-7-12-35-29(23-42)18-30(46-35)15-13-26-14-16-34(44)36(17-26)45-24-33(39-6-2)31-19-28(21-41-31)37(27-10-8-9-11-27)32(22-38-4)40-20-25(3)43/h14,16-19,21,25,27,32-33,37-44H,5-13,15,20,22-24H2,1-4H3/t25-,32-,33-,37-/m0/s1. The van der Waals surface area contributed by atoms with Crippen LogP contribution in [0.2, 0.25) is 0 Å². The minimum atomic E-state index is -0.400. The van der Waals surface area contributed by atoms with E-state index in [1.54, 1.807) is 6.07 Å². The third-order valence-corrected chi connectivity index (χ3v) is 9.34. The number of aromatic hydroxyl groups is 1. The van der Waals surface area contributed by atoms with Gasteiger partial charge in [0.15, 0.2) is 11.5 Å². The van der Waals surface area contributed by atoms with Crippen molar-refractivity contribution in [2.45, 2.75) is 109 Å². The van der Waals surface area contributed by atoms with E-state index >= 15 is 0 Å². The molecule has 46 heavy (non-hydrogen) atoms. The Labute approximate surface area is 275 Å². The van der Waals surface area contributed by atoms with Gasteiger partial charge in [-0.05, 0) is 87.5 Å². The quantitative estimate of drug-likeness (QED) is 0.0814. The topological polar surface area (TPSA) is 135 Å². The fraction of sp³-hybridized carbons (Fsp3) is 0.622. The lowest BCUT2D eigenvalue weighted by atomic mass is 9.80. The first kappa shape index (κ1) is 36.0. The number of hydrogen-bond acceptors (Lipinski definition) is 8. The molecule has 0 aliphatic heterocycles. The molecule has 1 saturated carbocycles. The van der Waals surface area contributed by atoms with Gasteiger partial charge in [-0.25, -0.2) is 0 Å². The minimum absolute atomic E-state index is 0.00728. The molecule has 0 unspecified atom stereocenters. The number of rotatable bonds is 21. The molecule has 9 nitrogen and oxygen atoms in total. The second-order valence-corrected chi connectivity index (χ2v) is 13.0. The van der Waals surface area contributed by atoms with E-state index in [2.05, 4.69) is 47.0 Å². The molecule has 9 heteroatoms. The van der Waals surface area contributed by atoms with Crippen molar-refractivity contribution in [3.8, 4) is 11.5 Å². The third kappa shape index (κ3) is 10.1. The molecule has 4 atom stereocenters. The first-order valence-electron chi connectivity index (χ1n) is 17.5. The molecule has 2 aromatic heterocycles. The van der Waals surface area contributed by atoms with Crippen LogP contribution in [0.15, 0.2) is 40.9 Å². The zero-order valence-corrected chi connectivity index (χ0v) is 28.4. The van der Waals surface area contributed by atoms with Crippen LogP contribution < -0.4 is 20.7 Å². The largest absolute Gasteiger partial charge is 0.504 e. The van der Waals surface area contributed by atoms with Crippen LogP contribution in [0.5, 0.6) is 11.5 Å². The van der Waals surface area contributed by atoms with Gasteiger partial charge in [0.2, 0.25) is 0 Å². The van der Waals surface area contributed by atoms with Gasteiger partial charge in [0, 0.05) is 55.3 Å². The third-order valence-electron chi connectivity index (χ3n) is 9.34. The molecule has 0 saturated heterocycles. The van der Waals surface area contributed by atoms with E-state index in [4.69, 9.17) is 9.15 Å². The van der Waals surface area contributed by atoms with Gasteiger partial charge >= 0.3 is 0 Å². The monoisotopic (exact) mass is 638 g/mol. The summed E-state index contributed by atoms with van der Waals surface area (Å²) in [5, 5.41) is 41.0. The van der Waals surface area contributed by atoms with Gasteiger partial charge in [0.05, 0.1) is 18.8 Å². The number of phenols is 1. The van der Waals surface area contributed by atoms with Crippen molar-refractivity contribution in [2.24, 2.45) is 5.92 Å². The Kier molecular flexibility index (Phi) is 14.5. The maximum atomic E-state index is 10.7. The summed E-state index contributed by atoms with van der Waals surface area (Å²) < 4.78 is 12.3. The first-order chi connectivity index (χ1) is 22.4. The number of benzene rings is 1. The van der Waals surface area contributed by atoms with Crippen molar-refractivity contribution in [2.75, 3.05) is 33.3 Å². The van der Waals surface area contributed by atoms with Crippen molar-refractivity contribution in [3.63, 3.8) is 0 Å². The van der Waals surface area contributed by atoms with Crippen molar-refractivity contribution in [1.29, 1.82) is 0 Å². The molecule has 1 fully saturated rings. The highest BCUT2D eigenvalue weighted by Crippen LogP contribution is 2.40. The summed E-state index contributed by atoms with van der Waals surface area (Å²) in [4.78, 5) is 3.55. The SMILES string of the molecule is CCCCc1oc(CCc2ccc(O)c(OC[C@H](NCC)c3cc([C@H](C4CCCC4)[C@H](CNC)NC[C@H](C)O)c[nH]3)c2)cc1CO. The second kappa shape index (κ2) is 18.5. The number of ether oxygens (including phenoxy) is 1. The minimum Gasteiger partial charge on any atom is -0.504 e. The van der Waals surface area contributed by atoms with E-state index in [1.165, 1.54) is 31.2 Å². The molecule has 0 spiro atoms. The van der Waals surface area contributed by atoms with E-state index in [-0.39, 0.29) is 24.4 Å². The smallest absolute Gasteiger partial charge is 0.161 e. The maximum Gasteiger partial charge on any atom is 0.161 e. The molecule has 2 heterocycles. The molecule has 7 N–H and O–H groups in total. The van der Waals surface area contributed by atoms with Gasteiger partial charge < -0.3 is 45.4 Å². The van der Waals surface area contributed by atoms with Gasteiger partial charge in [-0.15, -0.1) is 0 Å². The summed E-state index contributed by atoms with van der Waals surface area (Å²) in [5.41, 5.74) is 4.27. The molecule has 1 aliphatic carbocycles. The summed E-state index contributed by atoms with van der Waals surface area (Å²) >= 11 is 0. The number of nitrogens with one attached hydrogen (secondary N) is 4. The van der Waals surface area contributed by atoms with Crippen molar-refractivity contribution in [3.05, 3.63) is 70.4 Å². The Morgan fingerprint density at radius 1 is 1.04 bits per heavy atom. The molecular weight excluding hydrogens is 580 g/mol. The lowest BCUT2D eigenvalue weighted by Crippen LogP contribution is -2.46. The number of aryl methyl sites for hydroxylation is 3. The van der Waals surface area contributed by atoms with E-state index in [0.717, 1.165) is 67.1 Å². The predicted octanol–water partition coefficient (Wildman–Crippen LogP) is 5.50. The molecule has 0 bridgehead atoms. The normalized spacial score (nSPS) is 16.5. The van der Waals surface area contributed by atoms with Gasteiger partial charge in [0.25, 0.3) is 0 Å². The Bertz CT molecular complexity index is 1300. The van der Waals surface area contributed by atoms with E-state index in [1.807, 2.05) is 32.2 Å². The van der Waals surface area contributed by atoms with E-state index in [9.17, 15) is 15.3 Å². The van der Waals surface area contributed by atoms with Crippen LogP contribution in [0.4, 0.5) is 0 Å². The Morgan fingerprint density at radius 2 is 1.85 bits per heavy atom. The summed E-state index contributed by atoms with van der Waals surface area (Å²) in [6, 6.07) is 9.91. The van der Waals surface area contributed by atoms with Gasteiger partial charge in [-0.1, -0.05) is 39.2 Å². The highest BCUT2D eigenvalue weighted by Gasteiger charge is 2.33. The lowest BCUT2D eigenvalue weighted by molar-refractivity contribution is 0.179. The number of furan rings is 1. The van der Waals surface area contributed by atoms with Crippen LogP contribution >= 0.6 is 0 Å². The van der Waals surface area contributed by atoms with Gasteiger partial charge in [-0.3, -0.25) is 0 Å². The van der Waals surface area contributed by atoms with Crippen LogP contribution in [0, 0.1) is 5.92 Å². The zero-order chi connectivity index (χ0) is 32.9.